The molecule has 0 saturated heterocycles. The van der Waals surface area contributed by atoms with Gasteiger partial charge in [0.15, 0.2) is 17.2 Å². The van der Waals surface area contributed by atoms with Crippen LogP contribution in [0.2, 0.25) is 5.02 Å². The van der Waals surface area contributed by atoms with Crippen LogP contribution in [-0.4, -0.2) is 23.4 Å². The summed E-state index contributed by atoms with van der Waals surface area (Å²) in [6.45, 7) is 2.75. The molecule has 0 amide bonds. The molecule has 1 heterocycles. The monoisotopic (exact) mass is 360 g/mol. The van der Waals surface area contributed by atoms with E-state index in [1.807, 2.05) is 25.1 Å². The van der Waals surface area contributed by atoms with E-state index in [-0.39, 0.29) is 11.6 Å². The molecule has 0 unspecified atom stereocenters. The molecule has 0 atom stereocenters. The van der Waals surface area contributed by atoms with E-state index in [9.17, 15) is 10.0 Å². The van der Waals surface area contributed by atoms with Gasteiger partial charge in [-0.05, 0) is 41.9 Å². The summed E-state index contributed by atoms with van der Waals surface area (Å²) in [6, 6.07) is 10.7. The molecule has 0 radical (unpaired) electrons. The Morgan fingerprint density at radius 1 is 1.24 bits per heavy atom. The van der Waals surface area contributed by atoms with Crippen LogP contribution in [-0.2, 0) is 6.54 Å². The molecule has 0 saturated carbocycles. The van der Waals surface area contributed by atoms with Gasteiger partial charge in [0.2, 0.25) is 5.88 Å². The number of rotatable bonds is 6. The molecule has 3 aromatic rings. The first-order chi connectivity index (χ1) is 12.1. The fourth-order valence-corrected chi connectivity index (χ4v) is 3.10. The van der Waals surface area contributed by atoms with Crippen molar-refractivity contribution in [3.8, 4) is 17.4 Å². The largest absolute Gasteiger partial charge is 0.493 e. The SMILES string of the molecule is CCOc1ccc(Cn2c(O)c(N=O)c3c(Cl)cccc32)cc1OC. The molecule has 0 aliphatic rings. The number of halogens is 1. The van der Waals surface area contributed by atoms with Crippen molar-refractivity contribution in [2.45, 2.75) is 13.5 Å². The standard InChI is InChI=1S/C18H17ClN2O4/c1-3-25-14-8-7-11(9-15(14)24-2)10-21-13-6-4-5-12(19)16(13)17(20-23)18(21)22/h4-9,22H,3,10H2,1-2H3. The summed E-state index contributed by atoms with van der Waals surface area (Å²) >= 11 is 6.17. The fraction of sp³-hybridized carbons (Fsp3) is 0.222. The smallest absolute Gasteiger partial charge is 0.222 e. The Morgan fingerprint density at radius 3 is 2.72 bits per heavy atom. The zero-order chi connectivity index (χ0) is 18.0. The molecule has 0 fully saturated rings. The average molecular weight is 361 g/mol. The predicted octanol–water partition coefficient (Wildman–Crippen LogP) is 4.85. The summed E-state index contributed by atoms with van der Waals surface area (Å²) in [5, 5.41) is 14.2. The molecule has 7 heteroatoms. The second-order valence-electron chi connectivity index (χ2n) is 5.40. The van der Waals surface area contributed by atoms with Crippen molar-refractivity contribution >= 4 is 28.2 Å². The highest BCUT2D eigenvalue weighted by atomic mass is 35.5. The van der Waals surface area contributed by atoms with Crippen molar-refractivity contribution in [2.75, 3.05) is 13.7 Å². The summed E-state index contributed by atoms with van der Waals surface area (Å²) in [5.74, 6) is 1.03. The molecular formula is C18H17ClN2O4. The number of ether oxygens (including phenoxy) is 2. The number of benzene rings is 2. The van der Waals surface area contributed by atoms with Gasteiger partial charge in [-0.2, -0.15) is 0 Å². The maximum atomic E-state index is 11.2. The van der Waals surface area contributed by atoms with Gasteiger partial charge in [-0.15, -0.1) is 4.91 Å². The minimum atomic E-state index is -0.217. The highest BCUT2D eigenvalue weighted by Gasteiger charge is 2.20. The van der Waals surface area contributed by atoms with Gasteiger partial charge in [-0.25, -0.2) is 0 Å². The maximum Gasteiger partial charge on any atom is 0.222 e. The Labute approximate surface area is 149 Å². The zero-order valence-electron chi connectivity index (χ0n) is 13.8. The predicted molar refractivity (Wildman–Crippen MR) is 97.3 cm³/mol. The van der Waals surface area contributed by atoms with Gasteiger partial charge in [-0.1, -0.05) is 23.7 Å². The first-order valence-electron chi connectivity index (χ1n) is 7.73. The van der Waals surface area contributed by atoms with Crippen molar-refractivity contribution in [3.05, 3.63) is 51.9 Å². The Balaban J connectivity index is 2.08. The van der Waals surface area contributed by atoms with E-state index in [4.69, 9.17) is 21.1 Å². The van der Waals surface area contributed by atoms with Crippen LogP contribution in [0.4, 0.5) is 5.69 Å². The average Bonchev–Trinajstić information content (AvgIpc) is 2.89. The quantitative estimate of drug-likeness (QED) is 0.637. The molecule has 6 nitrogen and oxygen atoms in total. The van der Waals surface area contributed by atoms with Crippen molar-refractivity contribution in [1.29, 1.82) is 0 Å². The van der Waals surface area contributed by atoms with Crippen LogP contribution in [0.3, 0.4) is 0 Å². The summed E-state index contributed by atoms with van der Waals surface area (Å²) in [5.41, 5.74) is 1.44. The molecule has 3 rings (SSSR count). The normalized spacial score (nSPS) is 10.8. The van der Waals surface area contributed by atoms with E-state index in [1.165, 1.54) is 0 Å². The van der Waals surface area contributed by atoms with Crippen molar-refractivity contribution in [3.63, 3.8) is 0 Å². The zero-order valence-corrected chi connectivity index (χ0v) is 14.6. The maximum absolute atomic E-state index is 11.2. The third kappa shape index (κ3) is 3.00. The molecule has 1 aromatic heterocycles. The number of aromatic nitrogens is 1. The van der Waals surface area contributed by atoms with Gasteiger partial charge in [0, 0.05) is 0 Å². The molecule has 130 valence electrons. The van der Waals surface area contributed by atoms with E-state index in [2.05, 4.69) is 5.18 Å². The summed E-state index contributed by atoms with van der Waals surface area (Å²) in [4.78, 5) is 11.2. The minimum Gasteiger partial charge on any atom is -0.493 e. The Morgan fingerprint density at radius 2 is 2.04 bits per heavy atom. The molecule has 1 N–H and O–H groups in total. The third-order valence-electron chi connectivity index (χ3n) is 3.95. The fourth-order valence-electron chi connectivity index (χ4n) is 2.84. The Hall–Kier alpha value is -2.73. The number of aromatic hydroxyl groups is 1. The lowest BCUT2D eigenvalue weighted by molar-refractivity contribution is 0.310. The number of hydrogen-bond donors (Lipinski definition) is 1. The molecule has 0 spiro atoms. The molecular weight excluding hydrogens is 344 g/mol. The minimum absolute atomic E-state index is 0.0569. The van der Waals surface area contributed by atoms with Crippen LogP contribution in [0.1, 0.15) is 12.5 Å². The molecule has 2 aromatic carbocycles. The summed E-state index contributed by atoms with van der Waals surface area (Å²) in [6.07, 6.45) is 0. The van der Waals surface area contributed by atoms with Crippen LogP contribution in [0, 0.1) is 4.91 Å². The van der Waals surface area contributed by atoms with Gasteiger partial charge >= 0.3 is 0 Å². The van der Waals surface area contributed by atoms with Crippen LogP contribution >= 0.6 is 11.6 Å². The number of fused-ring (bicyclic) bond motifs is 1. The Kier molecular flexibility index (Phi) is 4.81. The van der Waals surface area contributed by atoms with Crippen molar-refractivity contribution in [2.24, 2.45) is 5.18 Å². The van der Waals surface area contributed by atoms with E-state index < -0.39 is 0 Å². The lowest BCUT2D eigenvalue weighted by Crippen LogP contribution is -2.01. The number of methoxy groups -OCH3 is 1. The summed E-state index contributed by atoms with van der Waals surface area (Å²) in [7, 11) is 1.57. The highest BCUT2D eigenvalue weighted by Crippen LogP contribution is 2.42. The highest BCUT2D eigenvalue weighted by molar-refractivity contribution is 6.36. The van der Waals surface area contributed by atoms with Crippen LogP contribution in [0.15, 0.2) is 41.6 Å². The number of nitrogens with zero attached hydrogens (tertiary/aromatic N) is 2. The van der Waals surface area contributed by atoms with Gasteiger partial charge in [0.25, 0.3) is 0 Å². The van der Waals surface area contributed by atoms with Crippen LogP contribution < -0.4 is 9.47 Å². The Bertz CT molecular complexity index is 936. The third-order valence-corrected chi connectivity index (χ3v) is 4.26. The number of hydrogen-bond acceptors (Lipinski definition) is 5. The lowest BCUT2D eigenvalue weighted by atomic mass is 10.2. The second-order valence-corrected chi connectivity index (χ2v) is 5.81. The van der Waals surface area contributed by atoms with Gasteiger partial charge < -0.3 is 19.1 Å². The van der Waals surface area contributed by atoms with Gasteiger partial charge in [-0.3, -0.25) is 0 Å². The first kappa shape index (κ1) is 17.1. The van der Waals surface area contributed by atoms with E-state index in [0.29, 0.717) is 40.6 Å². The topological polar surface area (TPSA) is 73.0 Å². The molecule has 0 aliphatic heterocycles. The van der Waals surface area contributed by atoms with Crippen LogP contribution in [0.25, 0.3) is 10.9 Å². The molecule has 0 bridgehead atoms. The van der Waals surface area contributed by atoms with E-state index in [0.717, 1.165) is 5.56 Å². The van der Waals surface area contributed by atoms with Crippen LogP contribution in [0.5, 0.6) is 17.4 Å². The van der Waals surface area contributed by atoms with Crippen molar-refractivity contribution in [1.82, 2.24) is 4.57 Å². The van der Waals surface area contributed by atoms with E-state index in [1.54, 1.807) is 29.9 Å². The second kappa shape index (κ2) is 7.03. The lowest BCUT2D eigenvalue weighted by Gasteiger charge is -2.12. The number of nitroso groups, excluding NO2 is 1. The van der Waals surface area contributed by atoms with Gasteiger partial charge in [0.1, 0.15) is 0 Å². The first-order valence-corrected chi connectivity index (χ1v) is 8.11. The summed E-state index contributed by atoms with van der Waals surface area (Å²) < 4.78 is 12.5. The van der Waals surface area contributed by atoms with Gasteiger partial charge in [0.05, 0.1) is 36.2 Å². The molecule has 25 heavy (non-hydrogen) atoms. The van der Waals surface area contributed by atoms with E-state index >= 15 is 0 Å². The molecule has 0 aliphatic carbocycles. The van der Waals surface area contributed by atoms with Crippen molar-refractivity contribution < 1.29 is 14.6 Å².